The number of hydrogen-bond donors (Lipinski definition) is 1. The zero-order valence-electron chi connectivity index (χ0n) is 16.2. The van der Waals surface area contributed by atoms with Crippen LogP contribution in [-0.4, -0.2) is 34.9 Å². The number of methoxy groups -OCH3 is 1. The highest BCUT2D eigenvalue weighted by Gasteiger charge is 2.35. The third-order valence-corrected chi connectivity index (χ3v) is 4.14. The fourth-order valence-corrected chi connectivity index (χ4v) is 2.90. The number of rotatable bonds is 4. The van der Waals surface area contributed by atoms with Crippen molar-refractivity contribution >= 4 is 29.5 Å². The molecule has 8 nitrogen and oxygen atoms in total. The van der Waals surface area contributed by atoms with E-state index in [4.69, 9.17) is 0 Å². The number of amides is 1. The van der Waals surface area contributed by atoms with Crippen LogP contribution >= 0.6 is 0 Å². The number of aliphatic imine (C=N–C) groups is 1. The van der Waals surface area contributed by atoms with Crippen molar-refractivity contribution in [3.8, 4) is 0 Å². The molecule has 8 heteroatoms. The molecule has 1 aliphatic rings. The Labute approximate surface area is 163 Å². The standard InChI is InChI=1S/C20H21N5O3/c1-5-14-8-6-7-9-16(14)25-18(27)15(11-17(26)28-4)23-20(25)24-19-21-12(2)10-13(3)22-19/h6-11H,5H2,1-4H3,(H,21,22,23,24). The average molecular weight is 379 g/mol. The van der Waals surface area contributed by atoms with Gasteiger partial charge in [0.2, 0.25) is 5.96 Å². The molecule has 2 aromatic rings. The first-order chi connectivity index (χ1) is 13.4. The van der Waals surface area contributed by atoms with E-state index in [0.29, 0.717) is 5.69 Å². The number of carbonyl (C=O) groups excluding carboxylic acids is 2. The van der Waals surface area contributed by atoms with Crippen LogP contribution in [-0.2, 0) is 20.7 Å². The second kappa shape index (κ2) is 7.99. The molecule has 1 amide bonds. The molecule has 1 aromatic carbocycles. The summed E-state index contributed by atoms with van der Waals surface area (Å²) in [6.45, 7) is 5.69. The minimum absolute atomic E-state index is 0.0703. The highest BCUT2D eigenvalue weighted by atomic mass is 16.5. The first kappa shape index (κ1) is 19.2. The summed E-state index contributed by atoms with van der Waals surface area (Å²) >= 11 is 0. The minimum Gasteiger partial charge on any atom is -0.466 e. The van der Waals surface area contributed by atoms with Crippen molar-refractivity contribution in [1.82, 2.24) is 15.3 Å². The van der Waals surface area contributed by atoms with Crippen LogP contribution in [0.5, 0.6) is 0 Å². The van der Waals surface area contributed by atoms with Crippen LogP contribution in [0.3, 0.4) is 0 Å². The predicted octanol–water partition coefficient (Wildman–Crippen LogP) is 2.34. The molecule has 0 unspecified atom stereocenters. The van der Waals surface area contributed by atoms with Crippen molar-refractivity contribution in [3.05, 3.63) is 59.1 Å². The molecule has 1 saturated heterocycles. The van der Waals surface area contributed by atoms with E-state index in [0.717, 1.165) is 29.4 Å². The number of nitrogens with one attached hydrogen (secondary N) is 1. The van der Waals surface area contributed by atoms with Crippen LogP contribution in [0, 0.1) is 13.8 Å². The van der Waals surface area contributed by atoms with Gasteiger partial charge in [-0.15, -0.1) is 0 Å². The highest BCUT2D eigenvalue weighted by Crippen LogP contribution is 2.26. The molecule has 0 bridgehead atoms. The van der Waals surface area contributed by atoms with Gasteiger partial charge in [-0.25, -0.2) is 19.7 Å². The molecule has 0 atom stereocenters. The smallest absolute Gasteiger partial charge is 0.332 e. The lowest BCUT2D eigenvalue weighted by Gasteiger charge is -2.18. The van der Waals surface area contributed by atoms with E-state index >= 15 is 0 Å². The third kappa shape index (κ3) is 3.90. The maximum Gasteiger partial charge on any atom is 0.332 e. The zero-order chi connectivity index (χ0) is 20.3. The van der Waals surface area contributed by atoms with E-state index in [-0.39, 0.29) is 17.6 Å². The monoisotopic (exact) mass is 379 g/mol. The van der Waals surface area contributed by atoms with Crippen LogP contribution in [0.1, 0.15) is 23.9 Å². The number of esters is 1. The number of aromatic nitrogens is 2. The van der Waals surface area contributed by atoms with Crippen molar-refractivity contribution in [2.24, 2.45) is 4.99 Å². The van der Waals surface area contributed by atoms with E-state index < -0.39 is 11.9 Å². The summed E-state index contributed by atoms with van der Waals surface area (Å²) in [5.41, 5.74) is 3.25. The van der Waals surface area contributed by atoms with Gasteiger partial charge in [0, 0.05) is 11.4 Å². The number of ether oxygens (including phenoxy) is 1. The van der Waals surface area contributed by atoms with E-state index in [2.05, 4.69) is 25.0 Å². The van der Waals surface area contributed by atoms with Crippen molar-refractivity contribution in [2.45, 2.75) is 27.2 Å². The maximum atomic E-state index is 13.0. The molecule has 144 valence electrons. The fourth-order valence-electron chi connectivity index (χ4n) is 2.90. The first-order valence-corrected chi connectivity index (χ1v) is 8.83. The normalized spacial score (nSPS) is 16.6. The first-order valence-electron chi connectivity index (χ1n) is 8.83. The number of para-hydroxylation sites is 1. The lowest BCUT2D eigenvalue weighted by molar-refractivity contribution is -0.135. The molecule has 3 rings (SSSR count). The maximum absolute atomic E-state index is 13.0. The highest BCUT2D eigenvalue weighted by molar-refractivity contribution is 6.29. The number of aryl methyl sites for hydroxylation is 3. The number of guanidine groups is 1. The molecule has 1 N–H and O–H groups in total. The second-order valence-electron chi connectivity index (χ2n) is 6.22. The Morgan fingerprint density at radius 1 is 1.25 bits per heavy atom. The molecule has 28 heavy (non-hydrogen) atoms. The fraction of sp³-hybridized carbons (Fsp3) is 0.250. The topological polar surface area (TPSA) is 96.8 Å². The van der Waals surface area contributed by atoms with Crippen LogP contribution in [0.25, 0.3) is 0 Å². The van der Waals surface area contributed by atoms with Gasteiger partial charge in [0.1, 0.15) is 5.70 Å². The van der Waals surface area contributed by atoms with Gasteiger partial charge in [0.05, 0.1) is 18.9 Å². The molecule has 1 aliphatic heterocycles. The van der Waals surface area contributed by atoms with E-state index in [9.17, 15) is 9.59 Å². The van der Waals surface area contributed by atoms with Crippen molar-refractivity contribution in [1.29, 1.82) is 0 Å². The summed E-state index contributed by atoms with van der Waals surface area (Å²) in [7, 11) is 1.25. The Balaban J connectivity index is 2.14. The van der Waals surface area contributed by atoms with Crippen LogP contribution in [0.15, 0.2) is 47.1 Å². The Morgan fingerprint density at radius 2 is 1.93 bits per heavy atom. The predicted molar refractivity (Wildman–Crippen MR) is 105 cm³/mol. The number of anilines is 1. The quantitative estimate of drug-likeness (QED) is 0.647. The number of hydrogen-bond acceptors (Lipinski definition) is 6. The Hall–Kier alpha value is -3.55. The number of benzene rings is 1. The lowest BCUT2D eigenvalue weighted by atomic mass is 10.1. The molecule has 2 heterocycles. The summed E-state index contributed by atoms with van der Waals surface area (Å²) in [4.78, 5) is 39.2. The van der Waals surface area contributed by atoms with E-state index in [1.165, 1.54) is 12.0 Å². The van der Waals surface area contributed by atoms with E-state index in [1.54, 1.807) is 0 Å². The molecule has 1 aromatic heterocycles. The molecule has 0 radical (unpaired) electrons. The van der Waals surface area contributed by atoms with Gasteiger partial charge in [-0.1, -0.05) is 25.1 Å². The Bertz CT molecular complexity index is 977. The molecule has 0 spiro atoms. The summed E-state index contributed by atoms with van der Waals surface area (Å²) in [6, 6.07) is 9.36. The van der Waals surface area contributed by atoms with Gasteiger partial charge in [0.15, 0.2) is 0 Å². The van der Waals surface area contributed by atoms with Gasteiger partial charge in [0.25, 0.3) is 11.9 Å². The summed E-state index contributed by atoms with van der Waals surface area (Å²) < 4.78 is 4.64. The van der Waals surface area contributed by atoms with Crippen molar-refractivity contribution < 1.29 is 14.3 Å². The zero-order valence-corrected chi connectivity index (χ0v) is 16.2. The minimum atomic E-state index is -0.636. The lowest BCUT2D eigenvalue weighted by Crippen LogP contribution is -2.33. The van der Waals surface area contributed by atoms with Crippen molar-refractivity contribution in [2.75, 3.05) is 12.0 Å². The molecular weight excluding hydrogens is 358 g/mol. The SMILES string of the molecule is CCc1ccccc1N1C(=O)C(=CC(=O)OC)N/C1=N\c1nc(C)cc(C)n1. The Morgan fingerprint density at radius 3 is 2.57 bits per heavy atom. The largest absolute Gasteiger partial charge is 0.466 e. The van der Waals surface area contributed by atoms with Gasteiger partial charge < -0.3 is 10.1 Å². The molecule has 1 fully saturated rings. The van der Waals surface area contributed by atoms with Crippen LogP contribution in [0.2, 0.25) is 0 Å². The number of nitrogens with zero attached hydrogens (tertiary/aromatic N) is 4. The molecular formula is C20H21N5O3. The third-order valence-electron chi connectivity index (χ3n) is 4.14. The summed E-state index contributed by atoms with van der Waals surface area (Å²) in [5.74, 6) is -0.588. The van der Waals surface area contributed by atoms with E-state index in [1.807, 2.05) is 51.1 Å². The Kier molecular flexibility index (Phi) is 5.49. The van der Waals surface area contributed by atoms with Gasteiger partial charge >= 0.3 is 5.97 Å². The van der Waals surface area contributed by atoms with Crippen LogP contribution in [0.4, 0.5) is 11.6 Å². The van der Waals surface area contributed by atoms with Gasteiger partial charge in [-0.05, 0) is 38.0 Å². The summed E-state index contributed by atoms with van der Waals surface area (Å²) in [6.07, 6.45) is 1.83. The van der Waals surface area contributed by atoms with Crippen molar-refractivity contribution in [3.63, 3.8) is 0 Å². The van der Waals surface area contributed by atoms with Gasteiger partial charge in [-0.3, -0.25) is 4.79 Å². The molecule has 0 saturated carbocycles. The number of carbonyl (C=O) groups is 2. The van der Waals surface area contributed by atoms with Gasteiger partial charge in [-0.2, -0.15) is 4.99 Å². The van der Waals surface area contributed by atoms with Crippen LogP contribution < -0.4 is 10.2 Å². The summed E-state index contributed by atoms with van der Waals surface area (Å²) in [5, 5.41) is 2.90. The average Bonchev–Trinajstić information content (AvgIpc) is 2.95. The molecule has 0 aliphatic carbocycles. The second-order valence-corrected chi connectivity index (χ2v) is 6.22.